The summed E-state index contributed by atoms with van der Waals surface area (Å²) in [7, 11) is 1.73. The highest BCUT2D eigenvalue weighted by atomic mass is 16.2. The lowest BCUT2D eigenvalue weighted by atomic mass is 10.0. The van der Waals surface area contributed by atoms with Crippen LogP contribution in [0.1, 0.15) is 41.4 Å². The predicted molar refractivity (Wildman–Crippen MR) is 103 cm³/mol. The molecule has 0 saturated carbocycles. The van der Waals surface area contributed by atoms with Gasteiger partial charge in [0.2, 0.25) is 0 Å². The number of amides is 3. The highest BCUT2D eigenvalue weighted by Gasteiger charge is 2.27. The van der Waals surface area contributed by atoms with Gasteiger partial charge in [0.1, 0.15) is 0 Å². The van der Waals surface area contributed by atoms with Gasteiger partial charge >= 0.3 is 6.03 Å². The molecule has 3 rings (SSSR count). The lowest BCUT2D eigenvalue weighted by Gasteiger charge is -2.25. The van der Waals surface area contributed by atoms with E-state index < -0.39 is 0 Å². The van der Waals surface area contributed by atoms with Crippen molar-refractivity contribution in [2.45, 2.75) is 39.2 Å². The first-order chi connectivity index (χ1) is 13.0. The van der Waals surface area contributed by atoms with Crippen molar-refractivity contribution in [1.82, 2.24) is 25.2 Å². The minimum atomic E-state index is -0.320. The van der Waals surface area contributed by atoms with Gasteiger partial charge in [-0.05, 0) is 38.7 Å². The Morgan fingerprint density at radius 2 is 2.04 bits per heavy atom. The van der Waals surface area contributed by atoms with Gasteiger partial charge in [-0.3, -0.25) is 10.1 Å². The molecule has 1 aliphatic heterocycles. The summed E-state index contributed by atoms with van der Waals surface area (Å²) in [6.07, 6.45) is 2.72. The summed E-state index contributed by atoms with van der Waals surface area (Å²) >= 11 is 0. The minimum absolute atomic E-state index is 0.0172. The Morgan fingerprint density at radius 1 is 1.30 bits per heavy atom. The number of H-pyrrole nitrogens is 1. The lowest BCUT2D eigenvalue weighted by Crippen LogP contribution is -2.40. The topological polar surface area (TPSA) is 94.2 Å². The van der Waals surface area contributed by atoms with E-state index in [1.54, 1.807) is 16.8 Å². The zero-order valence-corrected chi connectivity index (χ0v) is 16.0. The third-order valence-electron chi connectivity index (χ3n) is 4.96. The van der Waals surface area contributed by atoms with Crippen LogP contribution in [0.4, 0.5) is 10.6 Å². The number of nitrogens with zero attached hydrogens (tertiary/aromatic N) is 4. The van der Waals surface area contributed by atoms with Crippen molar-refractivity contribution in [2.75, 3.05) is 25.5 Å². The predicted octanol–water partition coefficient (Wildman–Crippen LogP) is 2.44. The fourth-order valence-corrected chi connectivity index (χ4v) is 3.24. The third-order valence-corrected chi connectivity index (χ3v) is 4.96. The number of anilines is 1. The summed E-state index contributed by atoms with van der Waals surface area (Å²) in [6.45, 7) is 5.47. The van der Waals surface area contributed by atoms with Crippen LogP contribution in [-0.4, -0.2) is 63.3 Å². The maximum atomic E-state index is 12.6. The normalized spacial score (nSPS) is 14.9. The van der Waals surface area contributed by atoms with Gasteiger partial charge in [-0.25, -0.2) is 4.79 Å². The number of nitrogens with one attached hydrogen (secondary N) is 2. The molecule has 144 valence electrons. The molecule has 8 heteroatoms. The first kappa shape index (κ1) is 18.9. The maximum Gasteiger partial charge on any atom is 0.323 e. The number of aromatic nitrogens is 3. The average molecular weight is 370 g/mol. The van der Waals surface area contributed by atoms with E-state index in [0.29, 0.717) is 13.1 Å². The molecule has 0 bridgehead atoms. The largest absolute Gasteiger partial charge is 0.337 e. The Hall–Kier alpha value is -2.90. The van der Waals surface area contributed by atoms with Crippen molar-refractivity contribution in [2.24, 2.45) is 0 Å². The Balaban J connectivity index is 1.63. The van der Waals surface area contributed by atoms with Crippen LogP contribution in [0.5, 0.6) is 0 Å². The Bertz CT molecular complexity index is 812. The van der Waals surface area contributed by atoms with Crippen LogP contribution in [-0.2, 0) is 6.42 Å². The number of hydrogen-bond acceptors (Lipinski definition) is 4. The van der Waals surface area contributed by atoms with Crippen molar-refractivity contribution in [3.63, 3.8) is 0 Å². The van der Waals surface area contributed by atoms with E-state index in [0.717, 1.165) is 19.3 Å². The van der Waals surface area contributed by atoms with Crippen LogP contribution in [0.15, 0.2) is 24.3 Å². The smallest absolute Gasteiger partial charge is 0.323 e. The molecule has 0 spiro atoms. The number of hydrogen-bond donors (Lipinski definition) is 2. The highest BCUT2D eigenvalue weighted by molar-refractivity contribution is 6.00. The summed E-state index contributed by atoms with van der Waals surface area (Å²) in [6, 6.07) is 7.90. The van der Waals surface area contributed by atoms with Gasteiger partial charge in [-0.1, -0.05) is 29.8 Å². The number of carbonyl (C=O) groups excluding carboxylic acids is 2. The number of likely N-dealkylation sites (tertiary alicyclic amines) is 1. The quantitative estimate of drug-likeness (QED) is 0.845. The minimum Gasteiger partial charge on any atom is -0.337 e. The maximum absolute atomic E-state index is 12.6. The Morgan fingerprint density at radius 3 is 2.74 bits per heavy atom. The summed E-state index contributed by atoms with van der Waals surface area (Å²) in [5.41, 5.74) is 2.53. The first-order valence-corrected chi connectivity index (χ1v) is 9.25. The summed E-state index contributed by atoms with van der Waals surface area (Å²) < 4.78 is 0. The number of carbonyl (C=O) groups is 2. The van der Waals surface area contributed by atoms with Gasteiger partial charge in [0.15, 0.2) is 11.5 Å². The van der Waals surface area contributed by atoms with Crippen LogP contribution >= 0.6 is 0 Å². The van der Waals surface area contributed by atoms with Crippen LogP contribution in [0.3, 0.4) is 0 Å². The van der Waals surface area contributed by atoms with Crippen molar-refractivity contribution in [3.8, 4) is 0 Å². The zero-order valence-electron chi connectivity index (χ0n) is 16.0. The Labute approximate surface area is 158 Å². The molecule has 1 unspecified atom stereocenters. The van der Waals surface area contributed by atoms with Gasteiger partial charge in [-0.15, -0.1) is 10.2 Å². The SMILES string of the molecule is Cc1cccc(CC(C)N(C)C(=O)Nc2n[nH]nc2C(=O)N2CCCC2)c1. The Kier molecular flexibility index (Phi) is 5.73. The molecule has 1 saturated heterocycles. The van der Waals surface area contributed by atoms with Gasteiger partial charge < -0.3 is 9.80 Å². The number of urea groups is 1. The highest BCUT2D eigenvalue weighted by Crippen LogP contribution is 2.17. The molecule has 8 nitrogen and oxygen atoms in total. The monoisotopic (exact) mass is 370 g/mol. The molecule has 0 aliphatic carbocycles. The standard InChI is InChI=1S/C19H26N6O2/c1-13-7-6-8-15(11-13)12-14(2)24(3)19(27)20-17-16(21-23-22-17)18(26)25-9-4-5-10-25/h6-8,11,14H,4-5,9-10,12H2,1-3H3,(H2,20,21,22,23,27). The van der Waals surface area contributed by atoms with E-state index in [2.05, 4.69) is 32.9 Å². The summed E-state index contributed by atoms with van der Waals surface area (Å²) in [4.78, 5) is 28.5. The van der Waals surface area contributed by atoms with Crippen molar-refractivity contribution in [1.29, 1.82) is 0 Å². The van der Waals surface area contributed by atoms with E-state index in [4.69, 9.17) is 0 Å². The number of aromatic amines is 1. The fraction of sp³-hybridized carbons (Fsp3) is 0.474. The average Bonchev–Trinajstić information content (AvgIpc) is 3.32. The van der Waals surface area contributed by atoms with E-state index in [1.165, 1.54) is 11.1 Å². The first-order valence-electron chi connectivity index (χ1n) is 9.25. The second-order valence-electron chi connectivity index (χ2n) is 7.10. The number of likely N-dealkylation sites (N-methyl/N-ethyl adjacent to an activating group) is 1. The number of aryl methyl sites for hydroxylation is 1. The molecule has 1 aromatic carbocycles. The van der Waals surface area contributed by atoms with Crippen LogP contribution in [0.25, 0.3) is 0 Å². The fourth-order valence-electron chi connectivity index (χ4n) is 3.24. The van der Waals surface area contributed by atoms with Gasteiger partial charge in [0.25, 0.3) is 5.91 Å². The van der Waals surface area contributed by atoms with Crippen LogP contribution in [0.2, 0.25) is 0 Å². The molecule has 2 aromatic rings. The molecule has 2 heterocycles. The molecular weight excluding hydrogens is 344 g/mol. The molecular formula is C19H26N6O2. The summed E-state index contributed by atoms with van der Waals surface area (Å²) in [5.74, 6) is -0.0292. The molecule has 1 aliphatic rings. The van der Waals surface area contributed by atoms with Crippen LogP contribution in [0, 0.1) is 6.92 Å². The van der Waals surface area contributed by atoms with Crippen molar-refractivity contribution in [3.05, 3.63) is 41.1 Å². The van der Waals surface area contributed by atoms with E-state index in [9.17, 15) is 9.59 Å². The van der Waals surface area contributed by atoms with Crippen molar-refractivity contribution < 1.29 is 9.59 Å². The third kappa shape index (κ3) is 4.45. The second-order valence-corrected chi connectivity index (χ2v) is 7.10. The molecule has 27 heavy (non-hydrogen) atoms. The van der Waals surface area contributed by atoms with E-state index >= 15 is 0 Å². The molecule has 1 fully saturated rings. The van der Waals surface area contributed by atoms with E-state index in [1.807, 2.05) is 26.0 Å². The molecule has 2 N–H and O–H groups in total. The lowest BCUT2D eigenvalue weighted by molar-refractivity contribution is 0.0788. The number of benzene rings is 1. The van der Waals surface area contributed by atoms with Crippen LogP contribution < -0.4 is 5.32 Å². The summed E-state index contributed by atoms with van der Waals surface area (Å²) in [5, 5.41) is 13.0. The number of rotatable bonds is 5. The molecule has 1 aromatic heterocycles. The molecule has 0 radical (unpaired) electrons. The molecule has 3 amide bonds. The van der Waals surface area contributed by atoms with Gasteiger partial charge in [-0.2, -0.15) is 5.21 Å². The van der Waals surface area contributed by atoms with Gasteiger partial charge in [0, 0.05) is 26.2 Å². The second kappa shape index (κ2) is 8.20. The molecule has 1 atom stereocenters. The van der Waals surface area contributed by atoms with E-state index in [-0.39, 0.29) is 29.5 Å². The van der Waals surface area contributed by atoms with Crippen molar-refractivity contribution >= 4 is 17.8 Å². The van der Waals surface area contributed by atoms with Gasteiger partial charge in [0.05, 0.1) is 0 Å². The zero-order chi connectivity index (χ0) is 19.4.